The lowest BCUT2D eigenvalue weighted by Crippen LogP contribution is -2.31. The average molecular weight is 349 g/mol. The molecule has 0 bridgehead atoms. The first-order valence-corrected chi connectivity index (χ1v) is 7.39. The predicted molar refractivity (Wildman–Crippen MR) is 87.9 cm³/mol. The molecule has 0 atom stereocenters. The Balaban J connectivity index is 2.25. The van der Waals surface area contributed by atoms with Crippen molar-refractivity contribution < 1.29 is 4.79 Å². The van der Waals surface area contributed by atoms with Gasteiger partial charge in [0.25, 0.3) is 5.91 Å². The number of nitrogens with zero attached hydrogens (tertiary/aromatic N) is 4. The summed E-state index contributed by atoms with van der Waals surface area (Å²) in [6.45, 7) is 2.46. The van der Waals surface area contributed by atoms with Crippen LogP contribution in [-0.4, -0.2) is 36.5 Å². The zero-order valence-electron chi connectivity index (χ0n) is 12.2. The molecule has 6 heteroatoms. The van der Waals surface area contributed by atoms with E-state index in [1.165, 1.54) is 0 Å². The molecule has 0 N–H and O–H groups in total. The molecule has 5 nitrogen and oxygen atoms in total. The minimum Gasteiger partial charge on any atom is -0.363 e. The molecule has 2 heterocycles. The first kappa shape index (κ1) is 15.4. The van der Waals surface area contributed by atoms with E-state index in [0.29, 0.717) is 17.9 Å². The van der Waals surface area contributed by atoms with Crippen molar-refractivity contribution in [1.29, 1.82) is 0 Å². The molecule has 0 unspecified atom stereocenters. The van der Waals surface area contributed by atoms with Crippen LogP contribution in [0.4, 0.5) is 11.6 Å². The van der Waals surface area contributed by atoms with Gasteiger partial charge in [0.15, 0.2) is 0 Å². The fourth-order valence-corrected chi connectivity index (χ4v) is 2.10. The molecule has 0 saturated carbocycles. The number of aromatic nitrogens is 2. The first-order valence-electron chi connectivity index (χ1n) is 6.59. The highest BCUT2D eigenvalue weighted by molar-refractivity contribution is 9.10. The van der Waals surface area contributed by atoms with E-state index in [2.05, 4.69) is 25.9 Å². The molecular weight excluding hydrogens is 332 g/mol. The van der Waals surface area contributed by atoms with Gasteiger partial charge in [-0.3, -0.25) is 9.69 Å². The maximum Gasteiger partial charge on any atom is 0.260 e. The number of carbonyl (C=O) groups excluding carboxylic acids is 1. The van der Waals surface area contributed by atoms with Gasteiger partial charge in [-0.15, -0.1) is 0 Å². The molecule has 2 rings (SSSR count). The van der Waals surface area contributed by atoms with Crippen LogP contribution in [0.3, 0.4) is 0 Å². The highest BCUT2D eigenvalue weighted by atomic mass is 79.9. The Morgan fingerprint density at radius 3 is 2.24 bits per heavy atom. The second-order valence-corrected chi connectivity index (χ2v) is 5.60. The van der Waals surface area contributed by atoms with Crippen LogP contribution in [0.15, 0.2) is 41.1 Å². The minimum atomic E-state index is -0.106. The van der Waals surface area contributed by atoms with Gasteiger partial charge < -0.3 is 4.90 Å². The number of halogens is 1. The van der Waals surface area contributed by atoms with Crippen molar-refractivity contribution in [2.45, 2.75) is 6.92 Å². The topological polar surface area (TPSA) is 49.3 Å². The summed E-state index contributed by atoms with van der Waals surface area (Å²) in [5.74, 6) is 1.34. The molecule has 1 amide bonds. The molecular formula is C15H17BrN4O. The van der Waals surface area contributed by atoms with Crippen molar-refractivity contribution in [1.82, 2.24) is 9.97 Å². The predicted octanol–water partition coefficient (Wildman–Crippen LogP) is 2.97. The molecule has 0 saturated heterocycles. The van der Waals surface area contributed by atoms with Gasteiger partial charge in [-0.2, -0.15) is 0 Å². The van der Waals surface area contributed by atoms with Crippen LogP contribution in [0.1, 0.15) is 17.3 Å². The summed E-state index contributed by atoms with van der Waals surface area (Å²) in [5.41, 5.74) is 0.548. The van der Waals surface area contributed by atoms with Crippen LogP contribution in [0, 0.1) is 0 Å². The largest absolute Gasteiger partial charge is 0.363 e. The normalized spacial score (nSPS) is 10.3. The van der Waals surface area contributed by atoms with Crippen molar-refractivity contribution in [2.24, 2.45) is 0 Å². The smallest absolute Gasteiger partial charge is 0.260 e. The number of amides is 1. The molecule has 2 aromatic heterocycles. The van der Waals surface area contributed by atoms with Crippen molar-refractivity contribution in [2.75, 3.05) is 30.4 Å². The molecule has 0 spiro atoms. The summed E-state index contributed by atoms with van der Waals surface area (Å²) in [5, 5.41) is 0. The van der Waals surface area contributed by atoms with Crippen molar-refractivity contribution in [3.8, 4) is 0 Å². The van der Waals surface area contributed by atoms with Crippen LogP contribution in [0.25, 0.3) is 0 Å². The van der Waals surface area contributed by atoms with E-state index >= 15 is 0 Å². The van der Waals surface area contributed by atoms with E-state index in [1.807, 2.05) is 44.1 Å². The standard InChI is InChI=1S/C15H17BrN4O/c1-4-20(14-8-6-12(16)10-18-14)15(21)11-5-7-13(17-9-11)19(2)3/h5-10H,4H2,1-3H3. The van der Waals surface area contributed by atoms with E-state index in [0.717, 1.165) is 10.3 Å². The van der Waals surface area contributed by atoms with Gasteiger partial charge in [0.2, 0.25) is 0 Å². The Bertz CT molecular complexity index is 611. The van der Waals surface area contributed by atoms with Crippen LogP contribution in [0.2, 0.25) is 0 Å². The number of rotatable bonds is 4. The number of carbonyl (C=O) groups is 1. The quantitative estimate of drug-likeness (QED) is 0.852. The second-order valence-electron chi connectivity index (χ2n) is 4.68. The van der Waals surface area contributed by atoms with Gasteiger partial charge in [-0.05, 0) is 47.1 Å². The van der Waals surface area contributed by atoms with E-state index in [-0.39, 0.29) is 5.91 Å². The number of pyridine rings is 2. The monoisotopic (exact) mass is 348 g/mol. The van der Waals surface area contributed by atoms with Crippen molar-refractivity contribution >= 4 is 33.5 Å². The summed E-state index contributed by atoms with van der Waals surface area (Å²) in [6.07, 6.45) is 3.28. The number of hydrogen-bond acceptors (Lipinski definition) is 4. The molecule has 110 valence electrons. The zero-order chi connectivity index (χ0) is 15.4. The Hall–Kier alpha value is -1.95. The van der Waals surface area contributed by atoms with E-state index in [4.69, 9.17) is 0 Å². The Morgan fingerprint density at radius 1 is 1.10 bits per heavy atom. The maximum atomic E-state index is 12.6. The summed E-state index contributed by atoms with van der Waals surface area (Å²) in [6, 6.07) is 7.29. The molecule has 0 aliphatic heterocycles. The Kier molecular flexibility index (Phi) is 4.90. The molecule has 0 aliphatic rings. The second kappa shape index (κ2) is 6.67. The highest BCUT2D eigenvalue weighted by Crippen LogP contribution is 2.17. The third-order valence-electron chi connectivity index (χ3n) is 3.00. The fourth-order valence-electron chi connectivity index (χ4n) is 1.87. The van der Waals surface area contributed by atoms with Crippen LogP contribution >= 0.6 is 15.9 Å². The lowest BCUT2D eigenvalue weighted by molar-refractivity contribution is 0.0987. The van der Waals surface area contributed by atoms with Gasteiger partial charge >= 0.3 is 0 Å². The Morgan fingerprint density at radius 2 is 1.76 bits per heavy atom. The molecule has 21 heavy (non-hydrogen) atoms. The minimum absolute atomic E-state index is 0.106. The lowest BCUT2D eigenvalue weighted by atomic mass is 10.2. The first-order chi connectivity index (χ1) is 10.0. The average Bonchev–Trinajstić information content (AvgIpc) is 2.50. The zero-order valence-corrected chi connectivity index (χ0v) is 13.8. The fraction of sp³-hybridized carbons (Fsp3) is 0.267. The van der Waals surface area contributed by atoms with Gasteiger partial charge in [-0.1, -0.05) is 0 Å². The van der Waals surface area contributed by atoms with Gasteiger partial charge in [0.05, 0.1) is 5.56 Å². The van der Waals surface area contributed by atoms with Gasteiger partial charge in [0, 0.05) is 37.5 Å². The summed E-state index contributed by atoms with van der Waals surface area (Å²) >= 11 is 3.34. The Labute approximate surface area is 132 Å². The molecule has 0 aliphatic carbocycles. The van der Waals surface area contributed by atoms with Crippen molar-refractivity contribution in [3.05, 3.63) is 46.7 Å². The third-order valence-corrected chi connectivity index (χ3v) is 3.47. The molecule has 0 radical (unpaired) electrons. The summed E-state index contributed by atoms with van der Waals surface area (Å²) < 4.78 is 0.881. The summed E-state index contributed by atoms with van der Waals surface area (Å²) in [4.78, 5) is 24.6. The van der Waals surface area contributed by atoms with E-state index in [1.54, 1.807) is 23.4 Å². The molecule has 0 fully saturated rings. The molecule has 0 aromatic carbocycles. The number of hydrogen-bond donors (Lipinski definition) is 0. The van der Waals surface area contributed by atoms with Crippen LogP contribution in [0.5, 0.6) is 0 Å². The summed E-state index contributed by atoms with van der Waals surface area (Å²) in [7, 11) is 3.82. The molecule has 2 aromatic rings. The lowest BCUT2D eigenvalue weighted by Gasteiger charge is -2.20. The van der Waals surface area contributed by atoms with Gasteiger partial charge in [-0.25, -0.2) is 9.97 Å². The SMILES string of the molecule is CCN(C(=O)c1ccc(N(C)C)nc1)c1ccc(Br)cn1. The van der Waals surface area contributed by atoms with Gasteiger partial charge in [0.1, 0.15) is 11.6 Å². The highest BCUT2D eigenvalue weighted by Gasteiger charge is 2.17. The van der Waals surface area contributed by atoms with E-state index < -0.39 is 0 Å². The van der Waals surface area contributed by atoms with Crippen LogP contribution in [-0.2, 0) is 0 Å². The number of anilines is 2. The van der Waals surface area contributed by atoms with Crippen molar-refractivity contribution in [3.63, 3.8) is 0 Å². The van der Waals surface area contributed by atoms with Crippen LogP contribution < -0.4 is 9.80 Å². The maximum absolute atomic E-state index is 12.6. The third kappa shape index (κ3) is 3.58. The van der Waals surface area contributed by atoms with E-state index in [9.17, 15) is 4.79 Å².